The minimum Gasteiger partial charge on any atom is -0.396 e. The third kappa shape index (κ3) is 2.65. The first-order chi connectivity index (χ1) is 7.11. The van der Waals surface area contributed by atoms with Crippen molar-refractivity contribution in [1.82, 2.24) is 0 Å². The quantitative estimate of drug-likeness (QED) is 0.813. The fourth-order valence-corrected chi connectivity index (χ4v) is 1.53. The van der Waals surface area contributed by atoms with Crippen LogP contribution in [0.25, 0.3) is 0 Å². The lowest BCUT2D eigenvalue weighted by molar-refractivity contribution is 0.180. The van der Waals surface area contributed by atoms with Crippen LogP contribution in [-0.4, -0.2) is 18.8 Å². The van der Waals surface area contributed by atoms with Gasteiger partial charge in [-0.2, -0.15) is 0 Å². The van der Waals surface area contributed by atoms with Crippen molar-refractivity contribution >= 4 is 11.6 Å². The summed E-state index contributed by atoms with van der Waals surface area (Å²) in [6.45, 7) is -0.336. The number of hydrogen-bond acceptors (Lipinski definition) is 2. The summed E-state index contributed by atoms with van der Waals surface area (Å²) in [6, 6.07) is 1.31. The van der Waals surface area contributed by atoms with Crippen LogP contribution in [0.2, 0.25) is 5.02 Å². The van der Waals surface area contributed by atoms with Gasteiger partial charge in [-0.25, -0.2) is 8.78 Å². The molecule has 0 unspecified atom stereocenters. The van der Waals surface area contributed by atoms with E-state index in [1.165, 1.54) is 13.2 Å². The molecule has 1 N–H and O–H groups in total. The summed E-state index contributed by atoms with van der Waals surface area (Å²) in [7, 11) is 1.37. The zero-order valence-corrected chi connectivity index (χ0v) is 8.94. The largest absolute Gasteiger partial charge is 0.396 e. The number of aliphatic hydroxyl groups is 1. The maximum Gasteiger partial charge on any atom is 0.166 e. The first-order valence-electron chi connectivity index (χ1n) is 4.36. The van der Waals surface area contributed by atoms with Gasteiger partial charge in [-0.1, -0.05) is 11.6 Å². The molecule has 0 bridgehead atoms. The number of aliphatic hydroxyl groups excluding tert-OH is 1. The maximum atomic E-state index is 13.4. The zero-order valence-electron chi connectivity index (χ0n) is 8.19. The molecule has 0 aromatic heterocycles. The Kier molecular flexibility index (Phi) is 4.45. The highest BCUT2D eigenvalue weighted by Gasteiger charge is 2.16. The minimum atomic E-state index is -1.01. The Hall–Kier alpha value is -0.710. The summed E-state index contributed by atoms with van der Waals surface area (Å²) in [5.74, 6) is -1.98. The van der Waals surface area contributed by atoms with Gasteiger partial charge in [0.25, 0.3) is 0 Å². The molecule has 0 spiro atoms. The van der Waals surface area contributed by atoms with Crippen molar-refractivity contribution < 1.29 is 18.6 Å². The van der Waals surface area contributed by atoms with Crippen LogP contribution in [-0.2, 0) is 17.8 Å². The third-order valence-corrected chi connectivity index (χ3v) is 2.34. The number of halogens is 3. The van der Waals surface area contributed by atoms with Gasteiger partial charge in [0, 0.05) is 24.3 Å². The average Bonchev–Trinajstić information content (AvgIpc) is 2.21. The minimum absolute atomic E-state index is 0.00152. The van der Waals surface area contributed by atoms with E-state index in [0.29, 0.717) is 0 Å². The fraction of sp³-hybridized carbons (Fsp3) is 0.400. The SMILES string of the molecule is COCc1c(Cl)cc(CCO)c(F)c1F. The number of ether oxygens (including phenoxy) is 1. The second-order valence-corrected chi connectivity index (χ2v) is 3.44. The molecule has 0 aliphatic carbocycles. The monoisotopic (exact) mass is 236 g/mol. The van der Waals surface area contributed by atoms with Gasteiger partial charge in [0.1, 0.15) is 0 Å². The number of hydrogen-bond donors (Lipinski definition) is 1. The van der Waals surface area contributed by atoms with E-state index in [9.17, 15) is 8.78 Å². The van der Waals surface area contributed by atoms with Crippen molar-refractivity contribution in [3.05, 3.63) is 33.9 Å². The Balaban J connectivity index is 3.18. The van der Waals surface area contributed by atoms with Crippen molar-refractivity contribution in [2.24, 2.45) is 0 Å². The molecule has 0 saturated carbocycles. The van der Waals surface area contributed by atoms with Crippen LogP contribution in [0.1, 0.15) is 11.1 Å². The first-order valence-corrected chi connectivity index (χ1v) is 4.74. The molecular weight excluding hydrogens is 226 g/mol. The highest BCUT2D eigenvalue weighted by molar-refractivity contribution is 6.31. The van der Waals surface area contributed by atoms with Gasteiger partial charge < -0.3 is 9.84 Å². The molecule has 5 heteroatoms. The van der Waals surface area contributed by atoms with Crippen LogP contribution in [0.15, 0.2) is 6.07 Å². The second kappa shape index (κ2) is 5.39. The van der Waals surface area contributed by atoms with Gasteiger partial charge in [-0.3, -0.25) is 0 Å². The van der Waals surface area contributed by atoms with Gasteiger partial charge in [-0.15, -0.1) is 0 Å². The van der Waals surface area contributed by atoms with Crippen molar-refractivity contribution in [2.75, 3.05) is 13.7 Å². The molecule has 0 saturated heterocycles. The Bertz CT molecular complexity index is 356. The van der Waals surface area contributed by atoms with Crippen molar-refractivity contribution in [1.29, 1.82) is 0 Å². The summed E-state index contributed by atoms with van der Waals surface area (Å²) < 4.78 is 31.5. The topological polar surface area (TPSA) is 29.5 Å². The molecule has 15 heavy (non-hydrogen) atoms. The second-order valence-electron chi connectivity index (χ2n) is 3.03. The van der Waals surface area contributed by atoms with E-state index in [2.05, 4.69) is 0 Å². The molecule has 1 aromatic carbocycles. The van der Waals surface area contributed by atoms with Crippen molar-refractivity contribution in [2.45, 2.75) is 13.0 Å². The lowest BCUT2D eigenvalue weighted by Gasteiger charge is -2.09. The summed E-state index contributed by atoms with van der Waals surface area (Å²) in [6.07, 6.45) is 0.0374. The standard InChI is InChI=1S/C10H11ClF2O2/c1-15-5-7-8(11)4-6(2-3-14)9(12)10(7)13/h4,14H,2-3,5H2,1H3. The van der Waals surface area contributed by atoms with E-state index < -0.39 is 11.6 Å². The van der Waals surface area contributed by atoms with Gasteiger partial charge in [-0.05, 0) is 18.1 Å². The summed E-state index contributed by atoms with van der Waals surface area (Å²) >= 11 is 5.75. The average molecular weight is 237 g/mol. The molecule has 1 aromatic rings. The van der Waals surface area contributed by atoms with Crippen LogP contribution in [0, 0.1) is 11.6 Å². The summed E-state index contributed by atoms with van der Waals surface area (Å²) in [5, 5.41) is 8.75. The molecule has 0 radical (unpaired) electrons. The van der Waals surface area contributed by atoms with Gasteiger partial charge in [0.15, 0.2) is 11.6 Å². The molecule has 84 valence electrons. The lowest BCUT2D eigenvalue weighted by atomic mass is 10.1. The van der Waals surface area contributed by atoms with Crippen molar-refractivity contribution in [3.63, 3.8) is 0 Å². The van der Waals surface area contributed by atoms with Gasteiger partial charge in [0.05, 0.1) is 6.61 Å². The molecule has 0 amide bonds. The third-order valence-electron chi connectivity index (χ3n) is 2.00. The maximum absolute atomic E-state index is 13.4. The van der Waals surface area contributed by atoms with E-state index >= 15 is 0 Å². The molecule has 2 nitrogen and oxygen atoms in total. The number of rotatable bonds is 4. The molecule has 0 fully saturated rings. The number of benzene rings is 1. The molecule has 0 aliphatic rings. The Morgan fingerprint density at radius 1 is 1.40 bits per heavy atom. The van der Waals surface area contributed by atoms with E-state index in [1.54, 1.807) is 0 Å². The molecule has 0 atom stereocenters. The Morgan fingerprint density at radius 3 is 2.60 bits per heavy atom. The van der Waals surface area contributed by atoms with E-state index in [4.69, 9.17) is 21.4 Å². The van der Waals surface area contributed by atoms with Gasteiger partial charge >= 0.3 is 0 Å². The van der Waals surface area contributed by atoms with Crippen molar-refractivity contribution in [3.8, 4) is 0 Å². The summed E-state index contributed by atoms with van der Waals surface area (Å²) in [4.78, 5) is 0. The molecular formula is C10H11ClF2O2. The number of methoxy groups -OCH3 is 1. The lowest BCUT2D eigenvalue weighted by Crippen LogP contribution is -2.03. The van der Waals surface area contributed by atoms with Gasteiger partial charge in [0.2, 0.25) is 0 Å². The first kappa shape index (κ1) is 12.4. The molecule has 1 rings (SSSR count). The van der Waals surface area contributed by atoms with Crippen LogP contribution in [0.5, 0.6) is 0 Å². The molecule has 0 aliphatic heterocycles. The van der Waals surface area contributed by atoms with E-state index in [0.717, 1.165) is 0 Å². The predicted molar refractivity (Wildman–Crippen MR) is 52.9 cm³/mol. The van der Waals surface area contributed by atoms with Crippen LogP contribution in [0.4, 0.5) is 8.78 Å². The highest BCUT2D eigenvalue weighted by atomic mass is 35.5. The Morgan fingerprint density at radius 2 is 2.07 bits per heavy atom. The zero-order chi connectivity index (χ0) is 11.4. The van der Waals surface area contributed by atoms with E-state index in [-0.39, 0.29) is 35.8 Å². The van der Waals surface area contributed by atoms with Crippen LogP contribution < -0.4 is 0 Å². The van der Waals surface area contributed by atoms with E-state index in [1.807, 2.05) is 0 Å². The Labute approximate surface area is 91.4 Å². The smallest absolute Gasteiger partial charge is 0.166 e. The fourth-order valence-electron chi connectivity index (χ4n) is 1.26. The molecule has 0 heterocycles. The van der Waals surface area contributed by atoms with Crippen LogP contribution >= 0.6 is 11.6 Å². The predicted octanol–water partition coefficient (Wildman–Crippen LogP) is 2.30. The highest BCUT2D eigenvalue weighted by Crippen LogP contribution is 2.25. The normalized spacial score (nSPS) is 10.7. The summed E-state index contributed by atoms with van der Waals surface area (Å²) in [5.41, 5.74) is 0.0678. The van der Waals surface area contributed by atoms with Crippen LogP contribution in [0.3, 0.4) is 0 Å².